The van der Waals surface area contributed by atoms with E-state index in [4.69, 9.17) is 0 Å². The van der Waals surface area contributed by atoms with Gasteiger partial charge < -0.3 is 10.0 Å². The molecule has 2 nitrogen and oxygen atoms in total. The summed E-state index contributed by atoms with van der Waals surface area (Å²) in [5, 5.41) is 9.76. The molecule has 0 aromatic rings. The summed E-state index contributed by atoms with van der Waals surface area (Å²) in [5.74, 6) is 1.04. The molecule has 1 heterocycles. The summed E-state index contributed by atoms with van der Waals surface area (Å²) in [4.78, 5) is 2.51. The van der Waals surface area contributed by atoms with E-state index in [-0.39, 0.29) is 5.60 Å². The zero-order chi connectivity index (χ0) is 9.31. The van der Waals surface area contributed by atoms with Gasteiger partial charge >= 0.3 is 0 Å². The van der Waals surface area contributed by atoms with Gasteiger partial charge in [0, 0.05) is 13.1 Å². The molecule has 0 aromatic carbocycles. The topological polar surface area (TPSA) is 23.5 Å². The molecule has 0 aromatic heterocycles. The molecule has 1 saturated heterocycles. The Morgan fingerprint density at radius 2 is 1.92 bits per heavy atom. The van der Waals surface area contributed by atoms with Crippen LogP contribution < -0.4 is 0 Å². The molecule has 0 amide bonds. The molecule has 0 spiro atoms. The van der Waals surface area contributed by atoms with Crippen LogP contribution in [0.5, 0.6) is 0 Å². The van der Waals surface area contributed by atoms with Crippen molar-refractivity contribution in [3.63, 3.8) is 0 Å². The van der Waals surface area contributed by atoms with E-state index in [1.54, 1.807) is 0 Å². The van der Waals surface area contributed by atoms with Crippen LogP contribution in [0.1, 0.15) is 39.0 Å². The third-order valence-electron chi connectivity index (χ3n) is 3.48. The Hall–Kier alpha value is -0.0800. The average Bonchev–Trinajstić information content (AvgIpc) is 2.86. The SMILES string of the molecule is CC1(O)CCN(CCC2CC2)CC1. The second-order valence-electron chi connectivity index (χ2n) is 5.07. The van der Waals surface area contributed by atoms with Crippen molar-refractivity contribution < 1.29 is 5.11 Å². The van der Waals surface area contributed by atoms with E-state index in [1.165, 1.54) is 25.8 Å². The number of piperidine rings is 1. The van der Waals surface area contributed by atoms with Crippen LogP contribution in [0.2, 0.25) is 0 Å². The van der Waals surface area contributed by atoms with Crippen molar-refractivity contribution >= 4 is 0 Å². The minimum atomic E-state index is -0.379. The number of hydrogen-bond acceptors (Lipinski definition) is 2. The highest BCUT2D eigenvalue weighted by molar-refractivity contribution is 4.82. The Balaban J connectivity index is 1.65. The molecule has 2 aliphatic rings. The zero-order valence-electron chi connectivity index (χ0n) is 8.63. The number of nitrogens with zero attached hydrogens (tertiary/aromatic N) is 1. The fourth-order valence-electron chi connectivity index (χ4n) is 2.03. The molecule has 0 atom stereocenters. The molecule has 76 valence electrons. The van der Waals surface area contributed by atoms with Gasteiger partial charge in [-0.3, -0.25) is 0 Å². The Morgan fingerprint density at radius 3 is 2.46 bits per heavy atom. The van der Waals surface area contributed by atoms with Crippen LogP contribution in [0.4, 0.5) is 0 Å². The van der Waals surface area contributed by atoms with Gasteiger partial charge in [-0.05, 0) is 38.6 Å². The minimum Gasteiger partial charge on any atom is -0.390 e. The van der Waals surface area contributed by atoms with E-state index in [0.29, 0.717) is 0 Å². The first kappa shape index (κ1) is 9.47. The van der Waals surface area contributed by atoms with Crippen molar-refractivity contribution in [3.8, 4) is 0 Å². The second kappa shape index (κ2) is 3.58. The highest BCUT2D eigenvalue weighted by atomic mass is 16.3. The van der Waals surface area contributed by atoms with E-state index in [9.17, 15) is 5.11 Å². The molecule has 13 heavy (non-hydrogen) atoms. The molecule has 1 aliphatic carbocycles. The highest BCUT2D eigenvalue weighted by Crippen LogP contribution is 2.33. The molecule has 0 unspecified atom stereocenters. The van der Waals surface area contributed by atoms with Gasteiger partial charge in [-0.2, -0.15) is 0 Å². The molecule has 0 radical (unpaired) electrons. The number of rotatable bonds is 3. The Bertz CT molecular complexity index is 162. The Kier molecular flexibility index (Phi) is 2.61. The second-order valence-corrected chi connectivity index (χ2v) is 5.07. The lowest BCUT2D eigenvalue weighted by molar-refractivity contribution is -0.00570. The van der Waals surface area contributed by atoms with Crippen LogP contribution in [-0.4, -0.2) is 35.2 Å². The van der Waals surface area contributed by atoms with E-state index in [0.717, 1.165) is 31.8 Å². The lowest BCUT2D eigenvalue weighted by Gasteiger charge is -2.35. The van der Waals surface area contributed by atoms with Gasteiger partial charge in [0.2, 0.25) is 0 Å². The van der Waals surface area contributed by atoms with Crippen molar-refractivity contribution in [1.82, 2.24) is 4.90 Å². The standard InChI is InChI=1S/C11H21NO/c1-11(13)5-8-12(9-6-11)7-4-10-2-3-10/h10,13H,2-9H2,1H3. The van der Waals surface area contributed by atoms with Crippen LogP contribution in [0.15, 0.2) is 0 Å². The predicted octanol–water partition coefficient (Wildman–Crippen LogP) is 1.63. The summed E-state index contributed by atoms with van der Waals surface area (Å²) < 4.78 is 0. The molecule has 1 aliphatic heterocycles. The smallest absolute Gasteiger partial charge is 0.0644 e. The predicted molar refractivity (Wildman–Crippen MR) is 53.6 cm³/mol. The first-order chi connectivity index (χ1) is 6.16. The van der Waals surface area contributed by atoms with Crippen molar-refractivity contribution in [2.45, 2.75) is 44.6 Å². The monoisotopic (exact) mass is 183 g/mol. The van der Waals surface area contributed by atoms with Gasteiger partial charge in [-0.1, -0.05) is 12.8 Å². The van der Waals surface area contributed by atoms with Gasteiger partial charge in [0.05, 0.1) is 5.60 Å². The van der Waals surface area contributed by atoms with Crippen LogP contribution in [0.3, 0.4) is 0 Å². The minimum absolute atomic E-state index is 0.379. The molecule has 2 fully saturated rings. The maximum atomic E-state index is 9.76. The third kappa shape index (κ3) is 2.96. The summed E-state index contributed by atoms with van der Waals surface area (Å²) >= 11 is 0. The fourth-order valence-corrected chi connectivity index (χ4v) is 2.03. The van der Waals surface area contributed by atoms with Gasteiger partial charge in [-0.25, -0.2) is 0 Å². The molecule has 0 bridgehead atoms. The maximum absolute atomic E-state index is 9.76. The first-order valence-corrected chi connectivity index (χ1v) is 5.60. The van der Waals surface area contributed by atoms with Gasteiger partial charge in [0.1, 0.15) is 0 Å². The van der Waals surface area contributed by atoms with E-state index in [1.807, 2.05) is 6.92 Å². The number of likely N-dealkylation sites (tertiary alicyclic amines) is 1. The van der Waals surface area contributed by atoms with Gasteiger partial charge in [-0.15, -0.1) is 0 Å². The first-order valence-electron chi connectivity index (χ1n) is 5.60. The molecular formula is C11H21NO. The van der Waals surface area contributed by atoms with Crippen molar-refractivity contribution in [2.75, 3.05) is 19.6 Å². The average molecular weight is 183 g/mol. The van der Waals surface area contributed by atoms with Crippen LogP contribution in [-0.2, 0) is 0 Å². The Morgan fingerprint density at radius 1 is 1.31 bits per heavy atom. The lowest BCUT2D eigenvalue weighted by atomic mass is 9.94. The van der Waals surface area contributed by atoms with Gasteiger partial charge in [0.15, 0.2) is 0 Å². The van der Waals surface area contributed by atoms with E-state index >= 15 is 0 Å². The number of aliphatic hydroxyl groups is 1. The summed E-state index contributed by atoms with van der Waals surface area (Å²) in [6.07, 6.45) is 6.23. The Labute approximate surface area is 80.9 Å². The summed E-state index contributed by atoms with van der Waals surface area (Å²) in [5.41, 5.74) is -0.379. The highest BCUT2D eigenvalue weighted by Gasteiger charge is 2.28. The van der Waals surface area contributed by atoms with Crippen LogP contribution in [0.25, 0.3) is 0 Å². The van der Waals surface area contributed by atoms with Crippen LogP contribution in [0, 0.1) is 5.92 Å². The molecule has 2 heteroatoms. The normalized spacial score (nSPS) is 29.1. The molecular weight excluding hydrogens is 162 g/mol. The van der Waals surface area contributed by atoms with E-state index < -0.39 is 0 Å². The summed E-state index contributed by atoms with van der Waals surface area (Å²) in [6, 6.07) is 0. The van der Waals surface area contributed by atoms with Crippen molar-refractivity contribution in [3.05, 3.63) is 0 Å². The van der Waals surface area contributed by atoms with E-state index in [2.05, 4.69) is 4.90 Å². The third-order valence-corrected chi connectivity index (χ3v) is 3.48. The number of hydrogen-bond donors (Lipinski definition) is 1. The zero-order valence-corrected chi connectivity index (χ0v) is 8.63. The largest absolute Gasteiger partial charge is 0.390 e. The van der Waals surface area contributed by atoms with Crippen molar-refractivity contribution in [1.29, 1.82) is 0 Å². The van der Waals surface area contributed by atoms with Crippen LogP contribution >= 0.6 is 0 Å². The lowest BCUT2D eigenvalue weighted by Crippen LogP contribution is -2.42. The van der Waals surface area contributed by atoms with Crippen molar-refractivity contribution in [2.24, 2.45) is 5.92 Å². The van der Waals surface area contributed by atoms with Gasteiger partial charge in [0.25, 0.3) is 0 Å². The quantitative estimate of drug-likeness (QED) is 0.719. The fraction of sp³-hybridized carbons (Fsp3) is 1.00. The molecule has 2 rings (SSSR count). The molecule has 1 N–H and O–H groups in total. The summed E-state index contributed by atoms with van der Waals surface area (Å²) in [6.45, 7) is 5.42. The summed E-state index contributed by atoms with van der Waals surface area (Å²) in [7, 11) is 0. The maximum Gasteiger partial charge on any atom is 0.0644 e. The molecule has 1 saturated carbocycles.